The number of hydrogen-bond donors (Lipinski definition) is 0. The molecular formula is C9H11NO2. The highest BCUT2D eigenvalue weighted by Gasteiger charge is 2.30. The van der Waals surface area contributed by atoms with Crippen LogP contribution in [0.1, 0.15) is 37.0 Å². The summed E-state index contributed by atoms with van der Waals surface area (Å²) < 4.78 is 5.09. The molecule has 1 aliphatic carbocycles. The summed E-state index contributed by atoms with van der Waals surface area (Å²) in [6.07, 6.45) is 4.49. The van der Waals surface area contributed by atoms with Crippen molar-refractivity contribution in [2.75, 3.05) is 0 Å². The van der Waals surface area contributed by atoms with E-state index in [9.17, 15) is 4.79 Å². The number of nitrogens with zero attached hydrogens (tertiary/aromatic N) is 1. The molecule has 1 saturated carbocycles. The second-order valence-electron chi connectivity index (χ2n) is 3.37. The SMILES string of the molecule is CC(=O)Cc1cnoc1C1CC1. The summed E-state index contributed by atoms with van der Waals surface area (Å²) in [6, 6.07) is 0. The number of carbonyl (C=O) groups excluding carboxylic acids is 1. The maximum Gasteiger partial charge on any atom is 0.143 e. The maximum absolute atomic E-state index is 10.8. The molecule has 1 aliphatic rings. The molecule has 0 saturated heterocycles. The lowest BCUT2D eigenvalue weighted by Gasteiger charge is -1.94. The zero-order chi connectivity index (χ0) is 8.55. The van der Waals surface area contributed by atoms with Gasteiger partial charge in [-0.05, 0) is 19.8 Å². The van der Waals surface area contributed by atoms with E-state index >= 15 is 0 Å². The van der Waals surface area contributed by atoms with Crippen molar-refractivity contribution in [1.82, 2.24) is 5.16 Å². The Kier molecular flexibility index (Phi) is 1.71. The number of ketones is 1. The Bertz CT molecular complexity index is 299. The Morgan fingerprint density at radius 1 is 1.75 bits per heavy atom. The Labute approximate surface area is 70.7 Å². The number of hydrogen-bond acceptors (Lipinski definition) is 3. The van der Waals surface area contributed by atoms with Crippen molar-refractivity contribution >= 4 is 5.78 Å². The molecular weight excluding hydrogens is 154 g/mol. The third-order valence-corrected chi connectivity index (χ3v) is 2.06. The van der Waals surface area contributed by atoms with E-state index in [2.05, 4.69) is 5.16 Å². The summed E-state index contributed by atoms with van der Waals surface area (Å²) in [5.41, 5.74) is 0.977. The fraction of sp³-hybridized carbons (Fsp3) is 0.556. The molecule has 2 rings (SSSR count). The van der Waals surface area contributed by atoms with Crippen LogP contribution in [0.15, 0.2) is 10.7 Å². The number of Topliss-reactive ketones (excluding diaryl/α,β-unsaturated/α-hetero) is 1. The van der Waals surface area contributed by atoms with Crippen LogP contribution in [0.2, 0.25) is 0 Å². The van der Waals surface area contributed by atoms with E-state index in [0.29, 0.717) is 12.3 Å². The van der Waals surface area contributed by atoms with Crippen molar-refractivity contribution in [2.24, 2.45) is 0 Å². The predicted octanol–water partition coefficient (Wildman–Crippen LogP) is 1.68. The highest BCUT2D eigenvalue weighted by molar-refractivity contribution is 5.78. The van der Waals surface area contributed by atoms with Crippen molar-refractivity contribution in [1.29, 1.82) is 0 Å². The Morgan fingerprint density at radius 3 is 3.08 bits per heavy atom. The zero-order valence-electron chi connectivity index (χ0n) is 7.04. The van der Waals surface area contributed by atoms with E-state index in [0.717, 1.165) is 11.3 Å². The monoisotopic (exact) mass is 165 g/mol. The molecule has 0 atom stereocenters. The van der Waals surface area contributed by atoms with E-state index in [1.165, 1.54) is 12.8 Å². The second-order valence-corrected chi connectivity index (χ2v) is 3.37. The van der Waals surface area contributed by atoms with Crippen LogP contribution in [0.4, 0.5) is 0 Å². The molecule has 1 heterocycles. The summed E-state index contributed by atoms with van der Waals surface area (Å²) in [5.74, 6) is 1.65. The molecule has 0 unspecified atom stereocenters. The summed E-state index contributed by atoms with van der Waals surface area (Å²) in [6.45, 7) is 1.59. The normalized spacial score (nSPS) is 16.4. The molecule has 64 valence electrons. The highest BCUT2D eigenvalue weighted by Crippen LogP contribution is 2.41. The third-order valence-electron chi connectivity index (χ3n) is 2.06. The van der Waals surface area contributed by atoms with Crippen LogP contribution in [0.3, 0.4) is 0 Å². The highest BCUT2D eigenvalue weighted by atomic mass is 16.5. The van der Waals surface area contributed by atoms with Crippen LogP contribution in [0.25, 0.3) is 0 Å². The third kappa shape index (κ3) is 1.40. The topological polar surface area (TPSA) is 43.1 Å². The smallest absolute Gasteiger partial charge is 0.143 e. The molecule has 12 heavy (non-hydrogen) atoms. The molecule has 0 aromatic carbocycles. The van der Waals surface area contributed by atoms with Crippen LogP contribution in [0.5, 0.6) is 0 Å². The molecule has 3 nitrogen and oxygen atoms in total. The first-order valence-electron chi connectivity index (χ1n) is 4.20. The first kappa shape index (κ1) is 7.53. The Balaban J connectivity index is 2.18. The second kappa shape index (κ2) is 2.73. The molecule has 0 aliphatic heterocycles. The minimum atomic E-state index is 0.167. The minimum absolute atomic E-state index is 0.167. The quantitative estimate of drug-likeness (QED) is 0.684. The summed E-state index contributed by atoms with van der Waals surface area (Å²) in [7, 11) is 0. The molecule has 1 aromatic rings. The van der Waals surface area contributed by atoms with Crippen molar-refractivity contribution in [3.63, 3.8) is 0 Å². The summed E-state index contributed by atoms with van der Waals surface area (Å²) in [4.78, 5) is 10.8. The van der Waals surface area contributed by atoms with Crippen LogP contribution < -0.4 is 0 Å². The van der Waals surface area contributed by atoms with Crippen molar-refractivity contribution < 1.29 is 9.32 Å². The number of carbonyl (C=O) groups is 1. The largest absolute Gasteiger partial charge is 0.361 e. The van der Waals surface area contributed by atoms with Gasteiger partial charge in [0, 0.05) is 17.9 Å². The van der Waals surface area contributed by atoms with Crippen molar-refractivity contribution in [3.8, 4) is 0 Å². The fourth-order valence-corrected chi connectivity index (χ4v) is 1.35. The van der Waals surface area contributed by atoms with E-state index < -0.39 is 0 Å². The lowest BCUT2D eigenvalue weighted by atomic mass is 10.1. The Hall–Kier alpha value is -1.12. The number of rotatable bonds is 3. The van der Waals surface area contributed by atoms with Gasteiger partial charge < -0.3 is 4.52 Å². The van der Waals surface area contributed by atoms with Crippen LogP contribution in [-0.2, 0) is 11.2 Å². The van der Waals surface area contributed by atoms with Gasteiger partial charge in [-0.1, -0.05) is 5.16 Å². The lowest BCUT2D eigenvalue weighted by Crippen LogP contribution is -1.97. The average Bonchev–Trinajstić information content (AvgIpc) is 2.73. The molecule has 0 bridgehead atoms. The first-order valence-corrected chi connectivity index (χ1v) is 4.20. The van der Waals surface area contributed by atoms with Gasteiger partial charge >= 0.3 is 0 Å². The molecule has 3 heteroatoms. The van der Waals surface area contributed by atoms with Gasteiger partial charge in [0.2, 0.25) is 0 Å². The molecule has 1 aromatic heterocycles. The molecule has 0 N–H and O–H groups in total. The van der Waals surface area contributed by atoms with Crippen molar-refractivity contribution in [2.45, 2.75) is 32.1 Å². The van der Waals surface area contributed by atoms with Gasteiger partial charge in [0.05, 0.1) is 6.20 Å². The van der Waals surface area contributed by atoms with Crippen molar-refractivity contribution in [3.05, 3.63) is 17.5 Å². The van der Waals surface area contributed by atoms with Gasteiger partial charge in [-0.15, -0.1) is 0 Å². The van der Waals surface area contributed by atoms with Gasteiger partial charge in [0.15, 0.2) is 0 Å². The first-order chi connectivity index (χ1) is 5.77. The van der Waals surface area contributed by atoms with E-state index in [4.69, 9.17) is 4.52 Å². The van der Waals surface area contributed by atoms with Gasteiger partial charge in [-0.2, -0.15) is 0 Å². The minimum Gasteiger partial charge on any atom is -0.361 e. The zero-order valence-corrected chi connectivity index (χ0v) is 7.04. The van der Waals surface area contributed by atoms with E-state index in [-0.39, 0.29) is 5.78 Å². The number of aromatic nitrogens is 1. The van der Waals surface area contributed by atoms with E-state index in [1.54, 1.807) is 13.1 Å². The van der Waals surface area contributed by atoms with Gasteiger partial charge in [0.25, 0.3) is 0 Å². The van der Waals surface area contributed by atoms with Gasteiger partial charge in [-0.25, -0.2) is 0 Å². The van der Waals surface area contributed by atoms with Gasteiger partial charge in [0.1, 0.15) is 11.5 Å². The predicted molar refractivity (Wildman–Crippen MR) is 42.9 cm³/mol. The Morgan fingerprint density at radius 2 is 2.50 bits per heavy atom. The van der Waals surface area contributed by atoms with Crippen LogP contribution in [-0.4, -0.2) is 10.9 Å². The summed E-state index contributed by atoms with van der Waals surface area (Å²) in [5, 5.41) is 3.71. The van der Waals surface area contributed by atoms with Crippen LogP contribution >= 0.6 is 0 Å². The molecule has 0 amide bonds. The molecule has 0 radical (unpaired) electrons. The van der Waals surface area contributed by atoms with Gasteiger partial charge in [-0.3, -0.25) is 4.79 Å². The molecule has 0 spiro atoms. The molecule has 1 fully saturated rings. The fourth-order valence-electron chi connectivity index (χ4n) is 1.35. The van der Waals surface area contributed by atoms with Crippen LogP contribution in [0, 0.1) is 0 Å². The van der Waals surface area contributed by atoms with E-state index in [1.807, 2.05) is 0 Å². The standard InChI is InChI=1S/C9H11NO2/c1-6(11)4-8-5-10-12-9(8)7-2-3-7/h5,7H,2-4H2,1H3. The lowest BCUT2D eigenvalue weighted by molar-refractivity contribution is -0.116. The maximum atomic E-state index is 10.8. The summed E-state index contributed by atoms with van der Waals surface area (Å²) >= 11 is 0. The average molecular weight is 165 g/mol.